The van der Waals surface area contributed by atoms with E-state index in [1.165, 1.54) is 0 Å². The zero-order chi connectivity index (χ0) is 14.6. The van der Waals surface area contributed by atoms with Crippen LogP contribution in [0.1, 0.15) is 23.7 Å². The summed E-state index contributed by atoms with van der Waals surface area (Å²) in [7, 11) is 1.72. The Morgan fingerprint density at radius 3 is 2.58 bits per heavy atom. The highest BCUT2D eigenvalue weighted by Gasteiger charge is 2.18. The normalized spacial score (nSPS) is 10.1. The molecule has 19 heavy (non-hydrogen) atoms. The molecule has 0 spiro atoms. The number of carbonyl (C=O) groups is 1. The molecule has 0 aliphatic rings. The van der Waals surface area contributed by atoms with E-state index in [4.69, 9.17) is 22.7 Å². The van der Waals surface area contributed by atoms with Gasteiger partial charge in [-0.15, -0.1) is 5.10 Å². The average molecular weight is 282 g/mol. The molecular formula is C12H18N4O2S. The van der Waals surface area contributed by atoms with Gasteiger partial charge in [0.25, 0.3) is 0 Å². The molecule has 2 N–H and O–H groups in total. The molecule has 0 unspecified atom stereocenters. The lowest BCUT2D eigenvalue weighted by molar-refractivity contribution is -0.141. The number of rotatable bonds is 5. The fraction of sp³-hybridized carbons (Fsp3) is 0.500. The van der Waals surface area contributed by atoms with Crippen LogP contribution in [0.5, 0.6) is 0 Å². The molecule has 0 aromatic carbocycles. The van der Waals surface area contributed by atoms with Gasteiger partial charge in [-0.1, -0.05) is 12.2 Å². The average Bonchev–Trinajstić information content (AvgIpc) is 2.31. The summed E-state index contributed by atoms with van der Waals surface area (Å²) in [4.78, 5) is 13.4. The van der Waals surface area contributed by atoms with Gasteiger partial charge in [0.2, 0.25) is 0 Å². The predicted molar refractivity (Wildman–Crippen MR) is 77.3 cm³/mol. The summed E-state index contributed by atoms with van der Waals surface area (Å²) in [6.45, 7) is 5.88. The zero-order valence-electron chi connectivity index (χ0n) is 11.6. The van der Waals surface area contributed by atoms with Crippen molar-refractivity contribution in [3.63, 3.8) is 0 Å². The lowest BCUT2D eigenvalue weighted by Crippen LogP contribution is -2.31. The number of aryl methyl sites for hydroxylation is 1. The molecule has 0 radical (unpaired) electrons. The Labute approximate surface area is 117 Å². The summed E-state index contributed by atoms with van der Waals surface area (Å²) in [6.07, 6.45) is 0. The van der Waals surface area contributed by atoms with Crippen molar-refractivity contribution in [3.05, 3.63) is 16.8 Å². The summed E-state index contributed by atoms with van der Waals surface area (Å²) in [5, 5.41) is 8.11. The van der Waals surface area contributed by atoms with Crippen LogP contribution in [0.4, 0.5) is 5.82 Å². The molecule has 0 saturated carbocycles. The van der Waals surface area contributed by atoms with Crippen LogP contribution in [0.2, 0.25) is 0 Å². The first-order valence-electron chi connectivity index (χ1n) is 5.88. The number of thiocarbonyl (C=S) groups is 1. The van der Waals surface area contributed by atoms with Gasteiger partial charge in [-0.2, -0.15) is 5.10 Å². The van der Waals surface area contributed by atoms with Gasteiger partial charge in [-0.05, 0) is 26.3 Å². The van der Waals surface area contributed by atoms with Gasteiger partial charge < -0.3 is 15.4 Å². The van der Waals surface area contributed by atoms with Crippen molar-refractivity contribution < 1.29 is 9.53 Å². The van der Waals surface area contributed by atoms with Gasteiger partial charge in [-0.3, -0.25) is 4.79 Å². The molecule has 1 aromatic heterocycles. The number of nitrogens with zero attached hydrogens (tertiary/aromatic N) is 3. The number of likely N-dealkylation sites (N-methyl/N-ethyl adjacent to an activating group) is 1. The summed E-state index contributed by atoms with van der Waals surface area (Å²) in [6, 6.07) is 0. The minimum Gasteiger partial charge on any atom is -0.465 e. The van der Waals surface area contributed by atoms with Crippen LogP contribution in [0.25, 0.3) is 0 Å². The monoisotopic (exact) mass is 282 g/mol. The third kappa shape index (κ3) is 3.60. The molecule has 0 amide bonds. The topological polar surface area (TPSA) is 81.3 Å². The largest absolute Gasteiger partial charge is 0.465 e. The fourth-order valence-electron chi connectivity index (χ4n) is 1.63. The van der Waals surface area contributed by atoms with Crippen LogP contribution >= 0.6 is 12.2 Å². The van der Waals surface area contributed by atoms with Gasteiger partial charge in [0.05, 0.1) is 17.9 Å². The smallest absolute Gasteiger partial charge is 0.325 e. The van der Waals surface area contributed by atoms with E-state index in [0.29, 0.717) is 18.0 Å². The maximum atomic E-state index is 11.5. The molecule has 0 bridgehead atoms. The van der Waals surface area contributed by atoms with Crippen molar-refractivity contribution in [1.29, 1.82) is 0 Å². The molecule has 1 heterocycles. The lowest BCUT2D eigenvalue weighted by atomic mass is 10.1. The number of anilines is 1. The van der Waals surface area contributed by atoms with Gasteiger partial charge >= 0.3 is 5.97 Å². The molecule has 0 aliphatic heterocycles. The number of hydrogen-bond donors (Lipinski definition) is 1. The highest BCUT2D eigenvalue weighted by atomic mass is 32.1. The zero-order valence-corrected chi connectivity index (χ0v) is 12.4. The minimum atomic E-state index is -0.334. The molecule has 0 saturated heterocycles. The Kier molecular flexibility index (Phi) is 5.17. The van der Waals surface area contributed by atoms with Gasteiger partial charge in [-0.25, -0.2) is 0 Å². The first-order valence-corrected chi connectivity index (χ1v) is 6.29. The molecule has 0 fully saturated rings. The molecule has 7 heteroatoms. The van der Waals surface area contributed by atoms with Crippen molar-refractivity contribution in [2.45, 2.75) is 20.8 Å². The minimum absolute atomic E-state index is 0.0701. The van der Waals surface area contributed by atoms with Crippen LogP contribution in [0.3, 0.4) is 0 Å². The second kappa shape index (κ2) is 6.42. The van der Waals surface area contributed by atoms with Crippen molar-refractivity contribution in [3.8, 4) is 0 Å². The highest BCUT2D eigenvalue weighted by Crippen LogP contribution is 2.21. The van der Waals surface area contributed by atoms with Crippen molar-refractivity contribution in [1.82, 2.24) is 10.2 Å². The van der Waals surface area contributed by atoms with E-state index >= 15 is 0 Å². The van der Waals surface area contributed by atoms with Crippen molar-refractivity contribution in [2.75, 3.05) is 25.1 Å². The third-order valence-electron chi connectivity index (χ3n) is 2.72. The van der Waals surface area contributed by atoms with Crippen LogP contribution in [-0.4, -0.2) is 41.4 Å². The van der Waals surface area contributed by atoms with Crippen LogP contribution in [-0.2, 0) is 9.53 Å². The van der Waals surface area contributed by atoms with E-state index in [2.05, 4.69) is 10.2 Å². The standard InChI is InChI=1S/C12H18N4O2S/c1-5-18-9(17)6-16(4)12-10(11(13)19)7(2)8(3)14-15-12/h5-6H2,1-4H3,(H2,13,19). The highest BCUT2D eigenvalue weighted by molar-refractivity contribution is 7.80. The summed E-state index contributed by atoms with van der Waals surface area (Å²) in [5.74, 6) is 0.155. The Bertz CT molecular complexity index is 505. The Balaban J connectivity index is 3.09. The number of esters is 1. The van der Waals surface area contributed by atoms with E-state index in [1.54, 1.807) is 18.9 Å². The quantitative estimate of drug-likeness (QED) is 0.629. The Morgan fingerprint density at radius 2 is 2.05 bits per heavy atom. The van der Waals surface area contributed by atoms with E-state index in [9.17, 15) is 4.79 Å². The van der Waals surface area contributed by atoms with E-state index < -0.39 is 0 Å². The third-order valence-corrected chi connectivity index (χ3v) is 2.92. The second-order valence-corrected chi connectivity index (χ2v) is 4.57. The molecular weight excluding hydrogens is 264 g/mol. The maximum Gasteiger partial charge on any atom is 0.325 e. The number of hydrogen-bond acceptors (Lipinski definition) is 6. The fourth-order valence-corrected chi connectivity index (χ4v) is 1.88. The Hall–Kier alpha value is -1.76. The summed E-state index contributed by atoms with van der Waals surface area (Å²) < 4.78 is 4.90. The molecule has 1 aromatic rings. The Morgan fingerprint density at radius 1 is 1.42 bits per heavy atom. The number of nitrogens with two attached hydrogens (primary N) is 1. The van der Waals surface area contributed by atoms with Crippen molar-refractivity contribution >= 4 is 29.0 Å². The molecule has 1 rings (SSSR count). The SMILES string of the molecule is CCOC(=O)CN(C)c1nnc(C)c(C)c1C(N)=S. The predicted octanol–water partition coefficient (Wildman–Crippen LogP) is 0.727. The van der Waals surface area contributed by atoms with Crippen LogP contribution in [0.15, 0.2) is 0 Å². The second-order valence-electron chi connectivity index (χ2n) is 4.13. The summed E-state index contributed by atoms with van der Waals surface area (Å²) >= 11 is 5.05. The van der Waals surface area contributed by atoms with Crippen LogP contribution in [0, 0.1) is 13.8 Å². The molecule has 6 nitrogen and oxygen atoms in total. The number of aromatic nitrogens is 2. The van der Waals surface area contributed by atoms with Gasteiger partial charge in [0.15, 0.2) is 5.82 Å². The number of carbonyl (C=O) groups excluding carboxylic acids is 1. The molecule has 0 atom stereocenters. The first-order chi connectivity index (χ1) is 8.88. The van der Waals surface area contributed by atoms with E-state index in [1.807, 2.05) is 13.8 Å². The van der Waals surface area contributed by atoms with Crippen LogP contribution < -0.4 is 10.6 Å². The van der Waals surface area contributed by atoms with Gasteiger partial charge in [0.1, 0.15) is 11.5 Å². The molecule has 104 valence electrons. The lowest BCUT2D eigenvalue weighted by Gasteiger charge is -2.20. The van der Waals surface area contributed by atoms with Gasteiger partial charge in [0, 0.05) is 7.05 Å². The van der Waals surface area contributed by atoms with E-state index in [-0.39, 0.29) is 17.5 Å². The van der Waals surface area contributed by atoms with Crippen molar-refractivity contribution in [2.24, 2.45) is 5.73 Å². The maximum absolute atomic E-state index is 11.5. The summed E-state index contributed by atoms with van der Waals surface area (Å²) in [5.41, 5.74) is 8.01. The molecule has 0 aliphatic carbocycles. The first kappa shape index (κ1) is 15.3. The number of ether oxygens (including phenoxy) is 1. The van der Waals surface area contributed by atoms with E-state index in [0.717, 1.165) is 11.3 Å².